The standard InChI is InChI=1S/C22H33N7/c1-3-19-8-4-5-9-20(19)18-27-21(23-2)24-12-7-13-28-14-16-29(17-15-28)22-25-10-6-11-26-22/h4-6,8-11H,3,7,12-18H2,1-2H3,(H2,23,24,27). The van der Waals surface area contributed by atoms with Crippen LogP contribution in [0.3, 0.4) is 0 Å². The monoisotopic (exact) mass is 395 g/mol. The van der Waals surface area contributed by atoms with Crippen LogP contribution >= 0.6 is 0 Å². The van der Waals surface area contributed by atoms with E-state index in [4.69, 9.17) is 0 Å². The van der Waals surface area contributed by atoms with E-state index in [1.807, 2.05) is 25.5 Å². The predicted octanol–water partition coefficient (Wildman–Crippen LogP) is 1.92. The first kappa shape index (κ1) is 21.0. The van der Waals surface area contributed by atoms with E-state index >= 15 is 0 Å². The van der Waals surface area contributed by atoms with Gasteiger partial charge in [0, 0.05) is 58.7 Å². The van der Waals surface area contributed by atoms with Crippen LogP contribution in [0.25, 0.3) is 0 Å². The molecule has 1 aromatic heterocycles. The number of aliphatic imine (C=N–C) groups is 1. The lowest BCUT2D eigenvalue weighted by molar-refractivity contribution is 0.254. The number of nitrogens with zero attached hydrogens (tertiary/aromatic N) is 5. The molecule has 0 unspecified atom stereocenters. The summed E-state index contributed by atoms with van der Waals surface area (Å²) in [5, 5.41) is 6.86. The van der Waals surface area contributed by atoms with Gasteiger partial charge in [0.1, 0.15) is 0 Å². The maximum atomic E-state index is 4.35. The van der Waals surface area contributed by atoms with Crippen LogP contribution in [0.2, 0.25) is 0 Å². The maximum absolute atomic E-state index is 4.35. The van der Waals surface area contributed by atoms with Crippen molar-refractivity contribution in [1.29, 1.82) is 0 Å². The van der Waals surface area contributed by atoms with Crippen LogP contribution in [0.1, 0.15) is 24.5 Å². The molecule has 0 atom stereocenters. The van der Waals surface area contributed by atoms with E-state index in [1.165, 1.54) is 11.1 Å². The van der Waals surface area contributed by atoms with Crippen molar-refractivity contribution in [2.75, 3.05) is 51.2 Å². The molecule has 0 spiro atoms. The number of aryl methyl sites for hydroxylation is 1. The van der Waals surface area contributed by atoms with E-state index < -0.39 is 0 Å². The molecule has 2 aromatic rings. The van der Waals surface area contributed by atoms with Gasteiger partial charge in [-0.3, -0.25) is 9.89 Å². The molecule has 7 heteroatoms. The summed E-state index contributed by atoms with van der Waals surface area (Å²) in [6.45, 7) is 9.07. The summed E-state index contributed by atoms with van der Waals surface area (Å²) in [4.78, 5) is 17.8. The van der Waals surface area contributed by atoms with Gasteiger partial charge in [-0.15, -0.1) is 0 Å². The Bertz CT molecular complexity index is 755. The second-order valence-electron chi connectivity index (χ2n) is 7.21. The Morgan fingerprint density at radius 2 is 1.72 bits per heavy atom. The summed E-state index contributed by atoms with van der Waals surface area (Å²) in [6, 6.07) is 10.4. The van der Waals surface area contributed by atoms with E-state index in [1.54, 1.807) is 0 Å². The molecule has 1 aromatic carbocycles. The Labute approximate surface area is 174 Å². The molecule has 2 heterocycles. The second kappa shape index (κ2) is 11.4. The van der Waals surface area contributed by atoms with Gasteiger partial charge in [-0.2, -0.15) is 0 Å². The van der Waals surface area contributed by atoms with Crippen LogP contribution < -0.4 is 15.5 Å². The highest BCUT2D eigenvalue weighted by Crippen LogP contribution is 2.10. The third-order valence-corrected chi connectivity index (χ3v) is 5.32. The highest BCUT2D eigenvalue weighted by Gasteiger charge is 2.18. The molecule has 2 N–H and O–H groups in total. The van der Waals surface area contributed by atoms with Gasteiger partial charge in [0.25, 0.3) is 0 Å². The smallest absolute Gasteiger partial charge is 0.225 e. The zero-order valence-corrected chi connectivity index (χ0v) is 17.6. The average Bonchev–Trinajstić information content (AvgIpc) is 2.80. The van der Waals surface area contributed by atoms with Gasteiger partial charge < -0.3 is 15.5 Å². The van der Waals surface area contributed by atoms with E-state index in [9.17, 15) is 0 Å². The zero-order valence-electron chi connectivity index (χ0n) is 17.6. The summed E-state index contributed by atoms with van der Waals surface area (Å²) in [7, 11) is 1.83. The van der Waals surface area contributed by atoms with Crippen molar-refractivity contribution in [2.45, 2.75) is 26.3 Å². The van der Waals surface area contributed by atoms with E-state index in [0.29, 0.717) is 0 Å². The summed E-state index contributed by atoms with van der Waals surface area (Å²) in [5.74, 6) is 1.70. The molecule has 0 aliphatic carbocycles. The van der Waals surface area contributed by atoms with Crippen LogP contribution in [0.5, 0.6) is 0 Å². The van der Waals surface area contributed by atoms with Gasteiger partial charge >= 0.3 is 0 Å². The number of anilines is 1. The largest absolute Gasteiger partial charge is 0.356 e. The van der Waals surface area contributed by atoms with Gasteiger partial charge in [0.05, 0.1) is 0 Å². The number of aromatic nitrogens is 2. The lowest BCUT2D eigenvalue weighted by Gasteiger charge is -2.34. The molecular weight excluding hydrogens is 362 g/mol. The Morgan fingerprint density at radius 1 is 1.00 bits per heavy atom. The normalized spacial score (nSPS) is 15.4. The van der Waals surface area contributed by atoms with Crippen LogP contribution in [-0.2, 0) is 13.0 Å². The molecule has 1 fully saturated rings. The number of guanidine groups is 1. The third-order valence-electron chi connectivity index (χ3n) is 5.32. The summed E-state index contributed by atoms with van der Waals surface area (Å²) in [6.07, 6.45) is 5.76. The van der Waals surface area contributed by atoms with Crippen molar-refractivity contribution >= 4 is 11.9 Å². The second-order valence-corrected chi connectivity index (χ2v) is 7.21. The molecule has 1 saturated heterocycles. The Morgan fingerprint density at radius 3 is 2.41 bits per heavy atom. The lowest BCUT2D eigenvalue weighted by Crippen LogP contribution is -2.47. The number of hydrogen-bond donors (Lipinski definition) is 2. The van der Waals surface area contributed by atoms with Crippen molar-refractivity contribution in [3.8, 4) is 0 Å². The lowest BCUT2D eigenvalue weighted by atomic mass is 10.1. The van der Waals surface area contributed by atoms with Crippen molar-refractivity contribution in [1.82, 2.24) is 25.5 Å². The van der Waals surface area contributed by atoms with Crippen molar-refractivity contribution < 1.29 is 0 Å². The molecule has 7 nitrogen and oxygen atoms in total. The SMILES string of the molecule is CCc1ccccc1CNC(=NC)NCCCN1CCN(c2ncccn2)CC1. The van der Waals surface area contributed by atoms with Gasteiger partial charge in [0.15, 0.2) is 5.96 Å². The number of hydrogen-bond acceptors (Lipinski definition) is 5. The number of piperazine rings is 1. The third kappa shape index (κ3) is 6.42. The van der Waals surface area contributed by atoms with Crippen LogP contribution in [0.4, 0.5) is 5.95 Å². The highest BCUT2D eigenvalue weighted by atomic mass is 15.3. The van der Waals surface area contributed by atoms with Crippen molar-refractivity contribution in [2.24, 2.45) is 4.99 Å². The first-order chi connectivity index (χ1) is 14.3. The molecule has 29 heavy (non-hydrogen) atoms. The van der Waals surface area contributed by atoms with E-state index in [0.717, 1.165) is 70.6 Å². The fourth-order valence-corrected chi connectivity index (χ4v) is 3.61. The maximum Gasteiger partial charge on any atom is 0.225 e. The fraction of sp³-hybridized carbons (Fsp3) is 0.500. The Hall–Kier alpha value is -2.67. The van der Waals surface area contributed by atoms with Gasteiger partial charge in [0.2, 0.25) is 5.95 Å². The summed E-state index contributed by atoms with van der Waals surface area (Å²) >= 11 is 0. The molecule has 0 radical (unpaired) electrons. The fourth-order valence-electron chi connectivity index (χ4n) is 3.61. The van der Waals surface area contributed by atoms with Gasteiger partial charge in [-0.25, -0.2) is 9.97 Å². The number of benzene rings is 1. The van der Waals surface area contributed by atoms with Gasteiger partial charge in [-0.1, -0.05) is 31.2 Å². The molecular formula is C22H33N7. The van der Waals surface area contributed by atoms with E-state index in [2.05, 4.69) is 66.6 Å². The van der Waals surface area contributed by atoms with Gasteiger partial charge in [-0.05, 0) is 36.6 Å². The minimum absolute atomic E-state index is 0.799. The molecule has 0 saturated carbocycles. The van der Waals surface area contributed by atoms with Crippen LogP contribution in [0, 0.1) is 0 Å². The first-order valence-corrected chi connectivity index (χ1v) is 10.6. The molecule has 3 rings (SSSR count). The minimum Gasteiger partial charge on any atom is -0.356 e. The first-order valence-electron chi connectivity index (χ1n) is 10.6. The van der Waals surface area contributed by atoms with Crippen molar-refractivity contribution in [3.05, 3.63) is 53.9 Å². The van der Waals surface area contributed by atoms with Crippen LogP contribution in [0.15, 0.2) is 47.7 Å². The quantitative estimate of drug-likeness (QED) is 0.404. The number of nitrogens with one attached hydrogen (secondary N) is 2. The molecule has 1 aliphatic heterocycles. The average molecular weight is 396 g/mol. The molecule has 156 valence electrons. The van der Waals surface area contributed by atoms with Crippen LogP contribution in [-0.4, -0.2) is 67.1 Å². The highest BCUT2D eigenvalue weighted by molar-refractivity contribution is 5.79. The zero-order chi connectivity index (χ0) is 20.3. The minimum atomic E-state index is 0.799. The topological polar surface area (TPSA) is 68.7 Å². The molecule has 0 amide bonds. The van der Waals surface area contributed by atoms with E-state index in [-0.39, 0.29) is 0 Å². The Kier molecular flexibility index (Phi) is 8.25. The van der Waals surface area contributed by atoms with Crippen molar-refractivity contribution in [3.63, 3.8) is 0 Å². The summed E-state index contributed by atoms with van der Waals surface area (Å²) in [5.41, 5.74) is 2.72. The number of rotatable bonds is 8. The summed E-state index contributed by atoms with van der Waals surface area (Å²) < 4.78 is 0. The molecule has 0 bridgehead atoms. The Balaban J connectivity index is 1.32. The molecule has 1 aliphatic rings. The predicted molar refractivity (Wildman–Crippen MR) is 119 cm³/mol.